The lowest BCUT2D eigenvalue weighted by molar-refractivity contribution is 0.294. The number of rotatable bonds is 6. The normalized spacial score (nSPS) is 10.8. The SMILES string of the molecule is CCc1cc(COc2ccc(Br)c(CNC)c2)n(C)n1. The van der Waals surface area contributed by atoms with E-state index in [9.17, 15) is 0 Å². The summed E-state index contributed by atoms with van der Waals surface area (Å²) >= 11 is 3.54. The number of hydrogen-bond acceptors (Lipinski definition) is 3. The third-order valence-electron chi connectivity index (χ3n) is 3.16. The molecule has 0 aliphatic heterocycles. The van der Waals surface area contributed by atoms with Crippen LogP contribution in [0.3, 0.4) is 0 Å². The minimum Gasteiger partial charge on any atom is -0.487 e. The van der Waals surface area contributed by atoms with E-state index in [4.69, 9.17) is 4.74 Å². The van der Waals surface area contributed by atoms with E-state index in [2.05, 4.69) is 45.4 Å². The highest BCUT2D eigenvalue weighted by molar-refractivity contribution is 9.10. The van der Waals surface area contributed by atoms with Gasteiger partial charge in [0.2, 0.25) is 0 Å². The first-order chi connectivity index (χ1) is 9.63. The van der Waals surface area contributed by atoms with Crippen LogP contribution in [-0.2, 0) is 26.6 Å². The topological polar surface area (TPSA) is 39.1 Å². The summed E-state index contributed by atoms with van der Waals surface area (Å²) in [5.41, 5.74) is 3.36. The predicted molar refractivity (Wildman–Crippen MR) is 83.8 cm³/mol. The van der Waals surface area contributed by atoms with Crippen LogP contribution in [0.5, 0.6) is 5.75 Å². The Bertz CT molecular complexity index is 580. The summed E-state index contributed by atoms with van der Waals surface area (Å²) in [7, 11) is 3.88. The van der Waals surface area contributed by atoms with Crippen molar-refractivity contribution >= 4 is 15.9 Å². The van der Waals surface area contributed by atoms with Crippen LogP contribution in [0, 0.1) is 0 Å². The van der Waals surface area contributed by atoms with Gasteiger partial charge in [0.1, 0.15) is 12.4 Å². The van der Waals surface area contributed by atoms with Gasteiger partial charge in [-0.1, -0.05) is 22.9 Å². The molecule has 0 amide bonds. The second kappa shape index (κ2) is 6.90. The number of nitrogens with zero attached hydrogens (tertiary/aromatic N) is 2. The third kappa shape index (κ3) is 3.61. The molecule has 0 saturated carbocycles. The zero-order valence-corrected chi connectivity index (χ0v) is 13.7. The number of nitrogens with one attached hydrogen (secondary N) is 1. The molecule has 1 aromatic carbocycles. The molecule has 0 unspecified atom stereocenters. The number of benzene rings is 1. The maximum Gasteiger partial charge on any atom is 0.130 e. The Morgan fingerprint density at radius 1 is 1.35 bits per heavy atom. The largest absolute Gasteiger partial charge is 0.487 e. The van der Waals surface area contributed by atoms with Crippen molar-refractivity contribution in [3.05, 3.63) is 45.7 Å². The van der Waals surface area contributed by atoms with E-state index in [0.717, 1.165) is 34.6 Å². The fourth-order valence-electron chi connectivity index (χ4n) is 2.00. The van der Waals surface area contributed by atoms with E-state index in [-0.39, 0.29) is 0 Å². The van der Waals surface area contributed by atoms with Crippen LogP contribution in [0.2, 0.25) is 0 Å². The molecule has 108 valence electrons. The van der Waals surface area contributed by atoms with Crippen molar-refractivity contribution in [3.63, 3.8) is 0 Å². The molecule has 20 heavy (non-hydrogen) atoms. The first-order valence-electron chi connectivity index (χ1n) is 6.71. The van der Waals surface area contributed by atoms with Crippen molar-refractivity contribution in [2.45, 2.75) is 26.5 Å². The molecule has 0 spiro atoms. The predicted octanol–water partition coefficient (Wildman–Crippen LogP) is 3.04. The van der Waals surface area contributed by atoms with Crippen LogP contribution < -0.4 is 10.1 Å². The summed E-state index contributed by atoms with van der Waals surface area (Å²) in [6, 6.07) is 8.13. The molecule has 0 saturated heterocycles. The summed E-state index contributed by atoms with van der Waals surface area (Å²) in [4.78, 5) is 0. The maximum atomic E-state index is 5.86. The fraction of sp³-hybridized carbons (Fsp3) is 0.400. The van der Waals surface area contributed by atoms with Gasteiger partial charge in [-0.25, -0.2) is 0 Å². The number of ether oxygens (including phenoxy) is 1. The van der Waals surface area contributed by atoms with Gasteiger partial charge in [0.25, 0.3) is 0 Å². The fourth-order valence-corrected chi connectivity index (χ4v) is 2.39. The van der Waals surface area contributed by atoms with E-state index < -0.39 is 0 Å². The lowest BCUT2D eigenvalue weighted by atomic mass is 10.2. The molecule has 2 aromatic rings. The highest BCUT2D eigenvalue weighted by atomic mass is 79.9. The Hall–Kier alpha value is -1.33. The quantitative estimate of drug-likeness (QED) is 0.880. The van der Waals surface area contributed by atoms with Gasteiger partial charge < -0.3 is 10.1 Å². The van der Waals surface area contributed by atoms with Gasteiger partial charge in [-0.3, -0.25) is 4.68 Å². The van der Waals surface area contributed by atoms with Gasteiger partial charge in [-0.05, 0) is 43.3 Å². The Morgan fingerprint density at radius 3 is 2.80 bits per heavy atom. The summed E-state index contributed by atoms with van der Waals surface area (Å²) in [6.45, 7) is 3.44. The van der Waals surface area contributed by atoms with Crippen molar-refractivity contribution in [1.29, 1.82) is 0 Å². The molecule has 1 aromatic heterocycles. The molecule has 0 aliphatic rings. The van der Waals surface area contributed by atoms with Crippen molar-refractivity contribution in [1.82, 2.24) is 15.1 Å². The van der Waals surface area contributed by atoms with E-state index in [1.807, 2.05) is 30.9 Å². The molecule has 0 radical (unpaired) electrons. The summed E-state index contributed by atoms with van der Waals surface area (Å²) in [5, 5.41) is 7.57. The van der Waals surface area contributed by atoms with Crippen LogP contribution in [0.25, 0.3) is 0 Å². The summed E-state index contributed by atoms with van der Waals surface area (Å²) < 4.78 is 8.84. The van der Waals surface area contributed by atoms with Gasteiger partial charge in [0.05, 0.1) is 11.4 Å². The van der Waals surface area contributed by atoms with Gasteiger partial charge in [-0.2, -0.15) is 5.10 Å². The van der Waals surface area contributed by atoms with E-state index in [1.165, 1.54) is 5.56 Å². The Labute approximate surface area is 128 Å². The minimum absolute atomic E-state index is 0.532. The number of halogens is 1. The first-order valence-corrected chi connectivity index (χ1v) is 7.51. The van der Waals surface area contributed by atoms with Crippen LogP contribution in [-0.4, -0.2) is 16.8 Å². The van der Waals surface area contributed by atoms with Gasteiger partial charge in [0.15, 0.2) is 0 Å². The molecule has 1 N–H and O–H groups in total. The number of aromatic nitrogens is 2. The standard InChI is InChI=1S/C15H20BrN3O/c1-4-12-8-13(19(3)18-12)10-20-14-5-6-15(16)11(7-14)9-17-2/h5-8,17H,4,9-10H2,1-3H3. The molecule has 0 atom stereocenters. The monoisotopic (exact) mass is 337 g/mol. The molecule has 0 aliphatic carbocycles. The second-order valence-electron chi connectivity index (χ2n) is 4.68. The Morgan fingerprint density at radius 2 is 2.15 bits per heavy atom. The van der Waals surface area contributed by atoms with Crippen LogP contribution in [0.4, 0.5) is 0 Å². The van der Waals surface area contributed by atoms with Gasteiger partial charge in [0, 0.05) is 18.1 Å². The Balaban J connectivity index is 2.06. The highest BCUT2D eigenvalue weighted by Crippen LogP contribution is 2.23. The van der Waals surface area contributed by atoms with Crippen molar-refractivity contribution in [2.75, 3.05) is 7.05 Å². The van der Waals surface area contributed by atoms with Crippen LogP contribution >= 0.6 is 15.9 Å². The molecule has 4 nitrogen and oxygen atoms in total. The summed E-state index contributed by atoms with van der Waals surface area (Å²) in [6.07, 6.45) is 0.943. The first kappa shape index (κ1) is 15.1. The second-order valence-corrected chi connectivity index (χ2v) is 5.53. The van der Waals surface area contributed by atoms with Crippen molar-refractivity contribution < 1.29 is 4.74 Å². The average molecular weight is 338 g/mol. The summed E-state index contributed by atoms with van der Waals surface area (Å²) in [5.74, 6) is 0.873. The van der Waals surface area contributed by atoms with E-state index >= 15 is 0 Å². The lowest BCUT2D eigenvalue weighted by Gasteiger charge is -2.09. The molecule has 5 heteroatoms. The van der Waals surface area contributed by atoms with Gasteiger partial charge >= 0.3 is 0 Å². The molecule has 2 rings (SSSR count). The van der Waals surface area contributed by atoms with Crippen molar-refractivity contribution in [3.8, 4) is 5.75 Å². The highest BCUT2D eigenvalue weighted by Gasteiger charge is 2.06. The molecule has 0 fully saturated rings. The van der Waals surface area contributed by atoms with Crippen molar-refractivity contribution in [2.24, 2.45) is 7.05 Å². The average Bonchev–Trinajstić information content (AvgIpc) is 2.80. The zero-order valence-electron chi connectivity index (χ0n) is 12.1. The number of aryl methyl sites for hydroxylation is 2. The smallest absolute Gasteiger partial charge is 0.130 e. The van der Waals surface area contributed by atoms with Gasteiger partial charge in [-0.15, -0.1) is 0 Å². The third-order valence-corrected chi connectivity index (χ3v) is 3.93. The van der Waals surface area contributed by atoms with Crippen LogP contribution in [0.15, 0.2) is 28.7 Å². The lowest BCUT2D eigenvalue weighted by Crippen LogP contribution is -2.07. The molecule has 0 bridgehead atoms. The maximum absolute atomic E-state index is 5.86. The molecular formula is C15H20BrN3O. The van der Waals surface area contributed by atoms with Crippen LogP contribution in [0.1, 0.15) is 23.9 Å². The molecule has 1 heterocycles. The Kier molecular flexibility index (Phi) is 5.20. The minimum atomic E-state index is 0.532. The van der Waals surface area contributed by atoms with E-state index in [0.29, 0.717) is 6.61 Å². The number of hydrogen-bond donors (Lipinski definition) is 1. The molecular weight excluding hydrogens is 318 g/mol. The zero-order chi connectivity index (χ0) is 14.5. The van der Waals surface area contributed by atoms with E-state index in [1.54, 1.807) is 0 Å².